The quantitative estimate of drug-likeness (QED) is 0.492. The maximum absolute atomic E-state index is 9.60. The van der Waals surface area contributed by atoms with E-state index in [9.17, 15) is 10.2 Å². The van der Waals surface area contributed by atoms with Crippen LogP contribution in [0.15, 0.2) is 12.2 Å². The molecule has 2 heteroatoms. The second-order valence-electron chi connectivity index (χ2n) is 3.43. The third-order valence-corrected chi connectivity index (χ3v) is 2.36. The monoisotopic (exact) mass is 142 g/mol. The van der Waals surface area contributed by atoms with Crippen LogP contribution in [-0.4, -0.2) is 21.4 Å². The Kier molecular flexibility index (Phi) is 1.61. The van der Waals surface area contributed by atoms with Gasteiger partial charge in [0.25, 0.3) is 0 Å². The van der Waals surface area contributed by atoms with Gasteiger partial charge in [-0.05, 0) is 26.7 Å². The van der Waals surface area contributed by atoms with Crippen LogP contribution in [-0.2, 0) is 0 Å². The third kappa shape index (κ3) is 1.09. The zero-order valence-electron chi connectivity index (χ0n) is 6.46. The fraction of sp³-hybridized carbons (Fsp3) is 0.750. The van der Waals surface area contributed by atoms with E-state index in [4.69, 9.17) is 0 Å². The second-order valence-corrected chi connectivity index (χ2v) is 3.43. The van der Waals surface area contributed by atoms with Crippen molar-refractivity contribution in [1.29, 1.82) is 0 Å². The van der Waals surface area contributed by atoms with Crippen LogP contribution >= 0.6 is 0 Å². The summed E-state index contributed by atoms with van der Waals surface area (Å²) in [6.07, 6.45) is 4.88. The number of aliphatic hydroxyl groups is 2. The Morgan fingerprint density at radius 1 is 1.00 bits per heavy atom. The van der Waals surface area contributed by atoms with E-state index >= 15 is 0 Å². The molecule has 10 heavy (non-hydrogen) atoms. The molecule has 2 N–H and O–H groups in total. The molecule has 0 bridgehead atoms. The van der Waals surface area contributed by atoms with E-state index in [1.165, 1.54) is 0 Å². The fourth-order valence-electron chi connectivity index (χ4n) is 1.07. The molecule has 1 aliphatic carbocycles. The van der Waals surface area contributed by atoms with Crippen LogP contribution < -0.4 is 0 Å². The molecule has 2 nitrogen and oxygen atoms in total. The van der Waals surface area contributed by atoms with Gasteiger partial charge < -0.3 is 10.2 Å². The molecule has 0 aromatic carbocycles. The lowest BCUT2D eigenvalue weighted by Crippen LogP contribution is -2.50. The van der Waals surface area contributed by atoms with Crippen molar-refractivity contribution < 1.29 is 10.2 Å². The summed E-state index contributed by atoms with van der Waals surface area (Å²) in [5.74, 6) is 0. The molecule has 0 fully saturated rings. The second kappa shape index (κ2) is 2.07. The molecule has 0 heterocycles. The van der Waals surface area contributed by atoms with Gasteiger partial charge in [0.1, 0.15) is 0 Å². The van der Waals surface area contributed by atoms with Crippen LogP contribution in [0.2, 0.25) is 0 Å². The molecule has 0 spiro atoms. The minimum absolute atomic E-state index is 0.542. The van der Waals surface area contributed by atoms with Gasteiger partial charge in [0.05, 0.1) is 11.2 Å². The summed E-state index contributed by atoms with van der Waals surface area (Å²) >= 11 is 0. The highest BCUT2D eigenvalue weighted by Crippen LogP contribution is 2.32. The van der Waals surface area contributed by atoms with Crippen LogP contribution in [0.3, 0.4) is 0 Å². The molecule has 58 valence electrons. The Morgan fingerprint density at radius 3 is 1.50 bits per heavy atom. The molecule has 1 rings (SSSR count). The highest BCUT2D eigenvalue weighted by molar-refractivity contribution is 5.08. The van der Waals surface area contributed by atoms with Gasteiger partial charge in [-0.15, -0.1) is 0 Å². The molecular weight excluding hydrogens is 128 g/mol. The van der Waals surface area contributed by atoms with E-state index in [2.05, 4.69) is 0 Å². The van der Waals surface area contributed by atoms with Gasteiger partial charge in [-0.25, -0.2) is 0 Å². The largest absolute Gasteiger partial charge is 0.387 e. The standard InChI is InChI=1S/C8H14O2/c1-7(9)5-3-4-6-8(7,2)10/h3-4,9-10H,5-6H2,1-2H3/t7-,8?/m1/s1. The molecule has 0 radical (unpaired) electrons. The molecule has 2 atom stereocenters. The lowest BCUT2D eigenvalue weighted by molar-refractivity contribution is -0.130. The van der Waals surface area contributed by atoms with Crippen molar-refractivity contribution in [3.05, 3.63) is 12.2 Å². The van der Waals surface area contributed by atoms with E-state index in [1.807, 2.05) is 12.2 Å². The van der Waals surface area contributed by atoms with Gasteiger partial charge in [0.15, 0.2) is 0 Å². The van der Waals surface area contributed by atoms with E-state index in [1.54, 1.807) is 13.8 Å². The van der Waals surface area contributed by atoms with E-state index in [0.29, 0.717) is 12.8 Å². The lowest BCUT2D eigenvalue weighted by Gasteiger charge is -2.39. The summed E-state index contributed by atoms with van der Waals surface area (Å²) < 4.78 is 0. The van der Waals surface area contributed by atoms with Gasteiger partial charge in [-0.2, -0.15) is 0 Å². The van der Waals surface area contributed by atoms with Crippen molar-refractivity contribution in [2.24, 2.45) is 0 Å². The summed E-state index contributed by atoms with van der Waals surface area (Å²) in [7, 11) is 0. The van der Waals surface area contributed by atoms with Crippen molar-refractivity contribution >= 4 is 0 Å². The molecule has 0 aliphatic heterocycles. The van der Waals surface area contributed by atoms with Gasteiger partial charge >= 0.3 is 0 Å². The maximum atomic E-state index is 9.60. The molecule has 0 amide bonds. The van der Waals surface area contributed by atoms with Crippen molar-refractivity contribution in [2.75, 3.05) is 0 Å². The van der Waals surface area contributed by atoms with Crippen LogP contribution in [0.25, 0.3) is 0 Å². The minimum Gasteiger partial charge on any atom is -0.387 e. The van der Waals surface area contributed by atoms with Crippen LogP contribution in [0.4, 0.5) is 0 Å². The first-order chi connectivity index (χ1) is 4.46. The first kappa shape index (κ1) is 7.76. The van der Waals surface area contributed by atoms with Crippen LogP contribution in [0.1, 0.15) is 26.7 Å². The van der Waals surface area contributed by atoms with E-state index in [0.717, 1.165) is 0 Å². The van der Waals surface area contributed by atoms with Gasteiger partial charge in [0, 0.05) is 0 Å². The van der Waals surface area contributed by atoms with Crippen molar-refractivity contribution in [1.82, 2.24) is 0 Å². The highest BCUT2D eigenvalue weighted by Gasteiger charge is 2.41. The minimum atomic E-state index is -0.957. The Labute approximate surface area is 61.2 Å². The maximum Gasteiger partial charge on any atom is 0.0939 e. The molecule has 1 aliphatic rings. The Bertz CT molecular complexity index is 139. The zero-order valence-corrected chi connectivity index (χ0v) is 6.46. The molecular formula is C8H14O2. The van der Waals surface area contributed by atoms with Crippen LogP contribution in [0.5, 0.6) is 0 Å². The Balaban J connectivity index is 2.84. The zero-order chi connectivity index (χ0) is 7.83. The van der Waals surface area contributed by atoms with Gasteiger partial charge in [-0.3, -0.25) is 0 Å². The summed E-state index contributed by atoms with van der Waals surface area (Å²) in [6.45, 7) is 3.33. The van der Waals surface area contributed by atoms with Crippen molar-refractivity contribution in [3.63, 3.8) is 0 Å². The smallest absolute Gasteiger partial charge is 0.0939 e. The SMILES string of the molecule is CC1(O)CC=CC[C@@]1(C)O. The number of rotatable bonds is 0. The Hall–Kier alpha value is -0.340. The highest BCUT2D eigenvalue weighted by atomic mass is 16.4. The van der Waals surface area contributed by atoms with Crippen molar-refractivity contribution in [2.45, 2.75) is 37.9 Å². The summed E-state index contributed by atoms with van der Waals surface area (Å²) in [5, 5.41) is 19.2. The predicted molar refractivity (Wildman–Crippen MR) is 39.6 cm³/mol. The summed E-state index contributed by atoms with van der Waals surface area (Å²) in [5.41, 5.74) is -1.91. The summed E-state index contributed by atoms with van der Waals surface area (Å²) in [4.78, 5) is 0. The first-order valence-electron chi connectivity index (χ1n) is 3.55. The first-order valence-corrected chi connectivity index (χ1v) is 3.55. The van der Waals surface area contributed by atoms with Crippen LogP contribution in [0, 0.1) is 0 Å². The van der Waals surface area contributed by atoms with Crippen molar-refractivity contribution in [3.8, 4) is 0 Å². The van der Waals surface area contributed by atoms with E-state index in [-0.39, 0.29) is 0 Å². The molecule has 0 aromatic rings. The lowest BCUT2D eigenvalue weighted by atomic mass is 9.77. The average molecular weight is 142 g/mol. The molecule has 1 unspecified atom stereocenters. The van der Waals surface area contributed by atoms with E-state index < -0.39 is 11.2 Å². The number of hydrogen-bond acceptors (Lipinski definition) is 2. The predicted octanol–water partition coefficient (Wildman–Crippen LogP) is 0.838. The van der Waals surface area contributed by atoms with Gasteiger partial charge in [-0.1, -0.05) is 12.2 Å². The third-order valence-electron chi connectivity index (χ3n) is 2.36. The fourth-order valence-corrected chi connectivity index (χ4v) is 1.07. The average Bonchev–Trinajstić information content (AvgIpc) is 1.77. The molecule has 0 saturated carbocycles. The molecule has 0 aromatic heterocycles. The summed E-state index contributed by atoms with van der Waals surface area (Å²) in [6, 6.07) is 0. The van der Waals surface area contributed by atoms with Gasteiger partial charge in [0.2, 0.25) is 0 Å². The Morgan fingerprint density at radius 2 is 1.30 bits per heavy atom. The topological polar surface area (TPSA) is 40.5 Å². The molecule has 0 saturated heterocycles. The normalized spacial score (nSPS) is 47.6. The number of hydrogen-bond donors (Lipinski definition) is 2.